The molecule has 110 valence electrons. The van der Waals surface area contributed by atoms with Gasteiger partial charge in [-0.3, -0.25) is 9.78 Å². The number of carbonyl (C=O) groups is 1. The molecule has 1 aliphatic rings. The molecule has 0 aliphatic carbocycles. The van der Waals surface area contributed by atoms with E-state index in [1.54, 1.807) is 11.3 Å². The second kappa shape index (κ2) is 6.39. The predicted octanol–water partition coefficient (Wildman–Crippen LogP) is 3.55. The molecule has 2 aromatic heterocycles. The van der Waals surface area contributed by atoms with Crippen LogP contribution in [0.15, 0.2) is 35.8 Å². The van der Waals surface area contributed by atoms with Crippen molar-refractivity contribution in [3.05, 3.63) is 52.0 Å². The number of aromatic nitrogens is 1. The minimum absolute atomic E-state index is 0.202. The molecule has 1 aliphatic heterocycles. The van der Waals surface area contributed by atoms with E-state index in [4.69, 9.17) is 0 Å². The van der Waals surface area contributed by atoms with Crippen LogP contribution < -0.4 is 0 Å². The summed E-state index contributed by atoms with van der Waals surface area (Å²) in [4.78, 5) is 19.9. The summed E-state index contributed by atoms with van der Waals surface area (Å²) in [6.07, 6.45) is 5.08. The Morgan fingerprint density at radius 3 is 3.05 bits per heavy atom. The van der Waals surface area contributed by atoms with Gasteiger partial charge in [0.2, 0.25) is 0 Å². The third kappa shape index (κ3) is 3.32. The zero-order valence-corrected chi connectivity index (χ0v) is 13.1. The van der Waals surface area contributed by atoms with Crippen molar-refractivity contribution in [2.45, 2.75) is 26.2 Å². The number of pyridine rings is 1. The van der Waals surface area contributed by atoms with Gasteiger partial charge in [-0.2, -0.15) is 0 Å². The van der Waals surface area contributed by atoms with E-state index in [1.165, 1.54) is 6.42 Å². The van der Waals surface area contributed by atoms with Gasteiger partial charge in [0.1, 0.15) is 0 Å². The fourth-order valence-corrected chi connectivity index (χ4v) is 3.86. The summed E-state index contributed by atoms with van der Waals surface area (Å²) in [7, 11) is 0. The maximum Gasteiger partial charge on any atom is 0.264 e. The highest BCUT2D eigenvalue weighted by Crippen LogP contribution is 2.24. The van der Waals surface area contributed by atoms with Gasteiger partial charge >= 0.3 is 0 Å². The summed E-state index contributed by atoms with van der Waals surface area (Å²) < 4.78 is 0. The Bertz CT molecular complexity index is 608. The molecule has 0 spiro atoms. The number of rotatable bonds is 3. The molecule has 0 N–H and O–H groups in total. The molecular formula is C17H20N2OS. The van der Waals surface area contributed by atoms with E-state index in [0.717, 1.165) is 42.1 Å². The number of hydrogen-bond donors (Lipinski definition) is 0. The number of aryl methyl sites for hydroxylation is 1. The molecule has 0 saturated carbocycles. The van der Waals surface area contributed by atoms with Gasteiger partial charge in [0.25, 0.3) is 5.91 Å². The number of nitrogens with zero attached hydrogens (tertiary/aromatic N) is 2. The first-order valence-electron chi connectivity index (χ1n) is 7.47. The Kier molecular flexibility index (Phi) is 4.34. The first-order valence-corrected chi connectivity index (χ1v) is 8.35. The van der Waals surface area contributed by atoms with E-state index in [2.05, 4.69) is 11.1 Å². The fourth-order valence-electron chi connectivity index (χ4n) is 2.97. The van der Waals surface area contributed by atoms with E-state index >= 15 is 0 Å². The van der Waals surface area contributed by atoms with Crippen molar-refractivity contribution >= 4 is 17.2 Å². The second-order valence-corrected chi connectivity index (χ2v) is 6.63. The van der Waals surface area contributed by atoms with Crippen LogP contribution in [0.3, 0.4) is 0 Å². The molecule has 0 radical (unpaired) electrons. The summed E-state index contributed by atoms with van der Waals surface area (Å²) >= 11 is 1.55. The highest BCUT2D eigenvalue weighted by atomic mass is 32.1. The van der Waals surface area contributed by atoms with Crippen molar-refractivity contribution in [3.8, 4) is 0 Å². The lowest BCUT2D eigenvalue weighted by Gasteiger charge is -2.32. The van der Waals surface area contributed by atoms with Gasteiger partial charge in [0, 0.05) is 25.0 Å². The summed E-state index contributed by atoms with van der Waals surface area (Å²) in [6.45, 7) is 3.75. The molecule has 0 unspecified atom stereocenters. The lowest BCUT2D eigenvalue weighted by atomic mass is 9.93. The Hall–Kier alpha value is -1.68. The average Bonchev–Trinajstić information content (AvgIpc) is 2.94. The van der Waals surface area contributed by atoms with Crippen LogP contribution in [0.4, 0.5) is 0 Å². The monoisotopic (exact) mass is 300 g/mol. The highest BCUT2D eigenvalue weighted by molar-refractivity contribution is 7.12. The van der Waals surface area contributed by atoms with Crippen LogP contribution in [-0.4, -0.2) is 28.9 Å². The molecule has 0 bridgehead atoms. The van der Waals surface area contributed by atoms with Crippen LogP contribution in [-0.2, 0) is 6.42 Å². The number of thiophene rings is 1. The SMILES string of the molecule is Cc1ccsc1C(=O)N1CCC[C@@H](Cc2ccccn2)C1. The first kappa shape index (κ1) is 14.3. The largest absolute Gasteiger partial charge is 0.338 e. The van der Waals surface area contributed by atoms with Crippen molar-refractivity contribution in [1.82, 2.24) is 9.88 Å². The van der Waals surface area contributed by atoms with Gasteiger partial charge in [-0.25, -0.2) is 0 Å². The van der Waals surface area contributed by atoms with Crippen molar-refractivity contribution in [3.63, 3.8) is 0 Å². The quantitative estimate of drug-likeness (QED) is 0.868. The zero-order chi connectivity index (χ0) is 14.7. The minimum Gasteiger partial charge on any atom is -0.338 e. The molecule has 3 heterocycles. The third-order valence-electron chi connectivity index (χ3n) is 4.09. The topological polar surface area (TPSA) is 33.2 Å². The number of carbonyl (C=O) groups excluding carboxylic acids is 1. The van der Waals surface area contributed by atoms with Crippen LogP contribution >= 0.6 is 11.3 Å². The van der Waals surface area contributed by atoms with Gasteiger partial charge in [-0.15, -0.1) is 11.3 Å². The van der Waals surface area contributed by atoms with Gasteiger partial charge in [0.15, 0.2) is 0 Å². The Morgan fingerprint density at radius 2 is 2.33 bits per heavy atom. The molecule has 3 rings (SSSR count). The van der Waals surface area contributed by atoms with Crippen LogP contribution in [0.2, 0.25) is 0 Å². The number of amides is 1. The average molecular weight is 300 g/mol. The second-order valence-electron chi connectivity index (χ2n) is 5.72. The number of piperidine rings is 1. The number of likely N-dealkylation sites (tertiary alicyclic amines) is 1. The van der Waals surface area contributed by atoms with Gasteiger partial charge in [0.05, 0.1) is 4.88 Å². The lowest BCUT2D eigenvalue weighted by molar-refractivity contribution is 0.0677. The van der Waals surface area contributed by atoms with E-state index in [1.807, 2.05) is 41.6 Å². The summed E-state index contributed by atoms with van der Waals surface area (Å²) in [5.41, 5.74) is 2.22. The summed E-state index contributed by atoms with van der Waals surface area (Å²) in [5.74, 6) is 0.728. The standard InChI is InChI=1S/C17H20N2OS/c1-13-7-10-21-16(13)17(20)19-9-4-5-14(12-19)11-15-6-2-3-8-18-15/h2-3,6-8,10,14H,4-5,9,11-12H2,1H3/t14-/m0/s1. The molecule has 1 saturated heterocycles. The highest BCUT2D eigenvalue weighted by Gasteiger charge is 2.26. The molecular weight excluding hydrogens is 280 g/mol. The Morgan fingerprint density at radius 1 is 1.43 bits per heavy atom. The first-order chi connectivity index (χ1) is 10.2. The van der Waals surface area contributed by atoms with E-state index < -0.39 is 0 Å². The summed E-state index contributed by atoms with van der Waals surface area (Å²) in [6, 6.07) is 8.07. The maximum absolute atomic E-state index is 12.6. The van der Waals surface area contributed by atoms with Crippen LogP contribution in [0.5, 0.6) is 0 Å². The van der Waals surface area contributed by atoms with E-state index in [-0.39, 0.29) is 5.91 Å². The van der Waals surface area contributed by atoms with Crippen LogP contribution in [0.25, 0.3) is 0 Å². The van der Waals surface area contributed by atoms with Crippen LogP contribution in [0, 0.1) is 12.8 Å². The van der Waals surface area contributed by atoms with Crippen molar-refractivity contribution in [2.24, 2.45) is 5.92 Å². The minimum atomic E-state index is 0.202. The van der Waals surface area contributed by atoms with E-state index in [9.17, 15) is 4.79 Å². The molecule has 2 aromatic rings. The molecule has 4 heteroatoms. The van der Waals surface area contributed by atoms with Crippen LogP contribution in [0.1, 0.15) is 33.8 Å². The van der Waals surface area contributed by atoms with Crippen molar-refractivity contribution in [2.75, 3.05) is 13.1 Å². The van der Waals surface area contributed by atoms with Crippen molar-refractivity contribution < 1.29 is 4.79 Å². The summed E-state index contributed by atoms with van der Waals surface area (Å²) in [5, 5.41) is 2.00. The molecule has 0 aromatic carbocycles. The van der Waals surface area contributed by atoms with Gasteiger partial charge in [-0.1, -0.05) is 6.07 Å². The molecule has 1 atom stereocenters. The fraction of sp³-hybridized carbons (Fsp3) is 0.412. The van der Waals surface area contributed by atoms with E-state index in [0.29, 0.717) is 5.92 Å². The molecule has 21 heavy (non-hydrogen) atoms. The zero-order valence-electron chi connectivity index (χ0n) is 12.3. The normalized spacial score (nSPS) is 18.7. The smallest absolute Gasteiger partial charge is 0.264 e. The molecule has 3 nitrogen and oxygen atoms in total. The molecule has 1 fully saturated rings. The predicted molar refractivity (Wildman–Crippen MR) is 85.6 cm³/mol. The maximum atomic E-state index is 12.6. The third-order valence-corrected chi connectivity index (χ3v) is 5.09. The van der Waals surface area contributed by atoms with Crippen molar-refractivity contribution in [1.29, 1.82) is 0 Å². The Labute approximate surface area is 129 Å². The lowest BCUT2D eigenvalue weighted by Crippen LogP contribution is -2.40. The Balaban J connectivity index is 1.66. The number of hydrogen-bond acceptors (Lipinski definition) is 3. The van der Waals surface area contributed by atoms with Gasteiger partial charge in [-0.05, 0) is 61.2 Å². The van der Waals surface area contributed by atoms with Gasteiger partial charge < -0.3 is 4.90 Å². The molecule has 1 amide bonds.